The first-order valence-corrected chi connectivity index (χ1v) is 6.15. The van der Waals surface area contributed by atoms with Crippen molar-refractivity contribution in [2.45, 2.75) is 32.2 Å². The highest BCUT2D eigenvalue weighted by Crippen LogP contribution is 2.17. The Morgan fingerprint density at radius 2 is 2.44 bits per heavy atom. The van der Waals surface area contributed by atoms with Gasteiger partial charge >= 0.3 is 0 Å². The van der Waals surface area contributed by atoms with E-state index in [1.165, 1.54) is 12.8 Å². The SMILES string of the molecule is CCCN(c1cnccn1)C1CCCNC1. The average Bonchev–Trinajstić information content (AvgIpc) is 2.38. The summed E-state index contributed by atoms with van der Waals surface area (Å²) in [6.45, 7) is 5.48. The molecule has 1 atom stereocenters. The fourth-order valence-corrected chi connectivity index (χ4v) is 2.26. The zero-order valence-corrected chi connectivity index (χ0v) is 9.89. The van der Waals surface area contributed by atoms with Crippen molar-refractivity contribution in [2.24, 2.45) is 0 Å². The van der Waals surface area contributed by atoms with Crippen molar-refractivity contribution in [3.05, 3.63) is 18.6 Å². The van der Waals surface area contributed by atoms with Gasteiger partial charge in [0.25, 0.3) is 0 Å². The van der Waals surface area contributed by atoms with Crippen LogP contribution < -0.4 is 10.2 Å². The van der Waals surface area contributed by atoms with Crippen LogP contribution in [0.5, 0.6) is 0 Å². The fraction of sp³-hybridized carbons (Fsp3) is 0.667. The van der Waals surface area contributed by atoms with Crippen LogP contribution >= 0.6 is 0 Å². The lowest BCUT2D eigenvalue weighted by atomic mass is 10.1. The predicted molar refractivity (Wildman–Crippen MR) is 65.6 cm³/mol. The fourth-order valence-electron chi connectivity index (χ4n) is 2.26. The highest BCUT2D eigenvalue weighted by atomic mass is 15.2. The minimum atomic E-state index is 0.574. The molecule has 0 aliphatic carbocycles. The molecule has 0 aromatic carbocycles. The topological polar surface area (TPSA) is 41.1 Å². The van der Waals surface area contributed by atoms with E-state index in [0.29, 0.717) is 6.04 Å². The first-order valence-electron chi connectivity index (χ1n) is 6.15. The van der Waals surface area contributed by atoms with Crippen LogP contribution in [0.4, 0.5) is 5.82 Å². The van der Waals surface area contributed by atoms with Crippen LogP contribution in [0.3, 0.4) is 0 Å². The molecule has 1 aliphatic heterocycles. The number of hydrogen-bond donors (Lipinski definition) is 1. The van der Waals surface area contributed by atoms with E-state index in [9.17, 15) is 0 Å². The summed E-state index contributed by atoms with van der Waals surface area (Å²) < 4.78 is 0. The van der Waals surface area contributed by atoms with Gasteiger partial charge in [0.15, 0.2) is 0 Å². The van der Waals surface area contributed by atoms with E-state index >= 15 is 0 Å². The zero-order valence-electron chi connectivity index (χ0n) is 9.89. The minimum Gasteiger partial charge on any atom is -0.351 e. The average molecular weight is 220 g/mol. The van der Waals surface area contributed by atoms with Crippen molar-refractivity contribution >= 4 is 5.82 Å². The number of nitrogens with one attached hydrogen (secondary N) is 1. The van der Waals surface area contributed by atoms with Crippen molar-refractivity contribution in [3.63, 3.8) is 0 Å². The van der Waals surface area contributed by atoms with Gasteiger partial charge < -0.3 is 10.2 Å². The molecule has 4 heteroatoms. The lowest BCUT2D eigenvalue weighted by molar-refractivity contribution is 0.428. The van der Waals surface area contributed by atoms with Crippen LogP contribution in [0.1, 0.15) is 26.2 Å². The molecule has 0 bridgehead atoms. The van der Waals surface area contributed by atoms with E-state index in [2.05, 4.69) is 27.1 Å². The lowest BCUT2D eigenvalue weighted by Gasteiger charge is -2.35. The quantitative estimate of drug-likeness (QED) is 0.833. The Labute approximate surface area is 97.1 Å². The molecule has 1 aliphatic rings. The smallest absolute Gasteiger partial charge is 0.147 e. The largest absolute Gasteiger partial charge is 0.351 e. The van der Waals surface area contributed by atoms with Crippen molar-refractivity contribution in [2.75, 3.05) is 24.5 Å². The van der Waals surface area contributed by atoms with E-state index < -0.39 is 0 Å². The third-order valence-corrected chi connectivity index (χ3v) is 3.02. The molecule has 0 radical (unpaired) electrons. The Kier molecular flexibility index (Phi) is 4.10. The maximum atomic E-state index is 4.41. The summed E-state index contributed by atoms with van der Waals surface area (Å²) in [5.41, 5.74) is 0. The number of hydrogen-bond acceptors (Lipinski definition) is 4. The van der Waals surface area contributed by atoms with Crippen molar-refractivity contribution in [3.8, 4) is 0 Å². The van der Waals surface area contributed by atoms with Gasteiger partial charge in [-0.25, -0.2) is 4.98 Å². The van der Waals surface area contributed by atoms with Gasteiger partial charge in [0.2, 0.25) is 0 Å². The summed E-state index contributed by atoms with van der Waals surface area (Å²) in [6, 6.07) is 0.574. The Morgan fingerprint density at radius 1 is 1.50 bits per heavy atom. The number of anilines is 1. The molecule has 1 N–H and O–H groups in total. The normalized spacial score (nSPS) is 20.7. The van der Waals surface area contributed by atoms with E-state index in [-0.39, 0.29) is 0 Å². The van der Waals surface area contributed by atoms with Gasteiger partial charge in [0.1, 0.15) is 5.82 Å². The van der Waals surface area contributed by atoms with Crippen molar-refractivity contribution < 1.29 is 0 Å². The summed E-state index contributed by atoms with van der Waals surface area (Å²) in [5.74, 6) is 1.01. The van der Waals surface area contributed by atoms with E-state index in [1.807, 2.05) is 6.20 Å². The molecule has 4 nitrogen and oxygen atoms in total. The maximum Gasteiger partial charge on any atom is 0.147 e. The molecular weight excluding hydrogens is 200 g/mol. The summed E-state index contributed by atoms with van der Waals surface area (Å²) in [5, 5.41) is 3.45. The number of aromatic nitrogens is 2. The summed E-state index contributed by atoms with van der Waals surface area (Å²) in [6.07, 6.45) is 9.02. The van der Waals surface area contributed by atoms with Crippen LogP contribution in [-0.2, 0) is 0 Å². The molecular formula is C12H20N4. The standard InChI is InChI=1S/C12H20N4/c1-2-8-16(11-4-3-5-13-9-11)12-10-14-6-7-15-12/h6-7,10-11,13H,2-5,8-9H2,1H3. The van der Waals surface area contributed by atoms with E-state index in [1.54, 1.807) is 12.4 Å². The van der Waals surface area contributed by atoms with Gasteiger partial charge in [-0.1, -0.05) is 6.92 Å². The Balaban J connectivity index is 2.09. The zero-order chi connectivity index (χ0) is 11.2. The van der Waals surface area contributed by atoms with Gasteiger partial charge in [-0.15, -0.1) is 0 Å². The van der Waals surface area contributed by atoms with Gasteiger partial charge in [0.05, 0.1) is 6.20 Å². The highest BCUT2D eigenvalue weighted by Gasteiger charge is 2.21. The first kappa shape index (κ1) is 11.3. The number of nitrogens with zero attached hydrogens (tertiary/aromatic N) is 3. The number of rotatable bonds is 4. The molecule has 0 spiro atoms. The molecule has 1 unspecified atom stereocenters. The molecule has 0 saturated carbocycles. The molecule has 1 aromatic heterocycles. The molecule has 2 heterocycles. The third-order valence-electron chi connectivity index (χ3n) is 3.02. The van der Waals surface area contributed by atoms with Crippen LogP contribution in [0.25, 0.3) is 0 Å². The van der Waals surface area contributed by atoms with Gasteiger partial charge in [-0.3, -0.25) is 4.98 Å². The second-order valence-corrected chi connectivity index (χ2v) is 4.26. The van der Waals surface area contributed by atoms with Crippen LogP contribution in [-0.4, -0.2) is 35.6 Å². The molecule has 1 saturated heterocycles. The minimum absolute atomic E-state index is 0.574. The molecule has 16 heavy (non-hydrogen) atoms. The van der Waals surface area contributed by atoms with Gasteiger partial charge in [-0.2, -0.15) is 0 Å². The van der Waals surface area contributed by atoms with E-state index in [4.69, 9.17) is 0 Å². The van der Waals surface area contributed by atoms with Crippen molar-refractivity contribution in [1.29, 1.82) is 0 Å². The third kappa shape index (κ3) is 2.70. The monoisotopic (exact) mass is 220 g/mol. The summed E-state index contributed by atoms with van der Waals surface area (Å²) >= 11 is 0. The molecule has 1 aromatic rings. The van der Waals surface area contributed by atoms with Crippen molar-refractivity contribution in [1.82, 2.24) is 15.3 Å². The first-order chi connectivity index (χ1) is 7.92. The molecule has 88 valence electrons. The maximum absolute atomic E-state index is 4.41. The Morgan fingerprint density at radius 3 is 3.06 bits per heavy atom. The lowest BCUT2D eigenvalue weighted by Crippen LogP contribution is -2.46. The predicted octanol–water partition coefficient (Wildman–Crippen LogP) is 1.44. The van der Waals surface area contributed by atoms with Crippen LogP contribution in [0, 0.1) is 0 Å². The molecule has 1 fully saturated rings. The summed E-state index contributed by atoms with van der Waals surface area (Å²) in [7, 11) is 0. The highest BCUT2D eigenvalue weighted by molar-refractivity contribution is 5.36. The molecule has 0 amide bonds. The molecule has 2 rings (SSSR count). The second kappa shape index (κ2) is 5.80. The number of piperidine rings is 1. The van der Waals surface area contributed by atoms with Gasteiger partial charge in [0, 0.05) is 31.5 Å². The van der Waals surface area contributed by atoms with Crippen LogP contribution in [0.15, 0.2) is 18.6 Å². The Bertz CT molecular complexity index is 295. The van der Waals surface area contributed by atoms with Gasteiger partial charge in [-0.05, 0) is 25.8 Å². The summed E-state index contributed by atoms with van der Waals surface area (Å²) in [4.78, 5) is 11.0. The Hall–Kier alpha value is -1.16. The second-order valence-electron chi connectivity index (χ2n) is 4.26. The van der Waals surface area contributed by atoms with Crippen LogP contribution in [0.2, 0.25) is 0 Å². The van der Waals surface area contributed by atoms with E-state index in [0.717, 1.165) is 31.9 Å².